The molecule has 0 aliphatic carbocycles. The van der Waals surface area contributed by atoms with Crippen molar-refractivity contribution in [3.05, 3.63) is 59.1 Å². The molecule has 7 heteroatoms. The molecule has 1 atom stereocenters. The molecule has 3 heterocycles. The molecule has 0 amide bonds. The Balaban J connectivity index is 1.57. The van der Waals surface area contributed by atoms with E-state index in [1.807, 2.05) is 6.20 Å². The second kappa shape index (κ2) is 8.75. The third-order valence-electron chi connectivity index (χ3n) is 6.80. The molecule has 5 rings (SSSR count). The molecule has 32 heavy (non-hydrogen) atoms. The van der Waals surface area contributed by atoms with E-state index in [9.17, 15) is 4.39 Å². The van der Waals surface area contributed by atoms with Crippen LogP contribution in [0.1, 0.15) is 37.8 Å². The number of hydrogen-bond donors (Lipinski definition) is 1. The predicted molar refractivity (Wildman–Crippen MR) is 126 cm³/mol. The molecule has 1 fully saturated rings. The van der Waals surface area contributed by atoms with Gasteiger partial charge in [0.2, 0.25) is 0 Å². The number of nitrogens with one attached hydrogen (secondary N) is 1. The normalized spacial score (nSPS) is 19.1. The van der Waals surface area contributed by atoms with Gasteiger partial charge in [-0.1, -0.05) is 11.6 Å². The largest absolute Gasteiger partial charge is 0.456 e. The van der Waals surface area contributed by atoms with E-state index in [0.717, 1.165) is 61.2 Å². The topological polar surface area (TPSA) is 42.3 Å². The van der Waals surface area contributed by atoms with Crippen molar-refractivity contribution in [1.82, 2.24) is 15.1 Å². The Labute approximate surface area is 193 Å². The fourth-order valence-corrected chi connectivity index (χ4v) is 4.89. The summed E-state index contributed by atoms with van der Waals surface area (Å²) in [4.78, 5) is 2.30. The maximum atomic E-state index is 13.7. The Kier molecular flexibility index (Phi) is 5.82. The van der Waals surface area contributed by atoms with Crippen LogP contribution in [0.3, 0.4) is 0 Å². The molecule has 0 radical (unpaired) electrons. The fourth-order valence-electron chi connectivity index (χ4n) is 4.72. The molecule has 5 nitrogen and oxygen atoms in total. The van der Waals surface area contributed by atoms with Crippen LogP contribution in [0.2, 0.25) is 5.02 Å². The first-order chi connectivity index (χ1) is 15.5. The average molecular weight is 455 g/mol. The lowest BCUT2D eigenvalue weighted by atomic mass is 9.93. The first kappa shape index (κ1) is 21.3. The van der Waals surface area contributed by atoms with E-state index in [1.54, 1.807) is 6.07 Å². The summed E-state index contributed by atoms with van der Waals surface area (Å²) in [7, 11) is 2.12. The van der Waals surface area contributed by atoms with Gasteiger partial charge in [0.15, 0.2) is 0 Å². The Morgan fingerprint density at radius 1 is 1.16 bits per heavy atom. The molecule has 168 valence electrons. The Morgan fingerprint density at radius 3 is 2.75 bits per heavy atom. The van der Waals surface area contributed by atoms with Crippen LogP contribution in [0, 0.1) is 5.82 Å². The van der Waals surface area contributed by atoms with Crippen LogP contribution < -0.4 is 15.0 Å². The van der Waals surface area contributed by atoms with Crippen LogP contribution in [0.5, 0.6) is 11.5 Å². The van der Waals surface area contributed by atoms with Gasteiger partial charge in [0.25, 0.3) is 0 Å². The summed E-state index contributed by atoms with van der Waals surface area (Å²) in [5.74, 6) is 0.873. The monoisotopic (exact) mass is 454 g/mol. The molecule has 1 saturated heterocycles. The van der Waals surface area contributed by atoms with Gasteiger partial charge in [-0.3, -0.25) is 4.68 Å². The number of benzene rings is 2. The summed E-state index contributed by atoms with van der Waals surface area (Å²) >= 11 is 6.03. The van der Waals surface area contributed by atoms with Gasteiger partial charge in [0.1, 0.15) is 17.3 Å². The number of fused-ring (bicyclic) bond motifs is 1. The highest BCUT2D eigenvalue weighted by Crippen LogP contribution is 2.44. The van der Waals surface area contributed by atoms with Crippen LogP contribution in [0.4, 0.5) is 10.1 Å². The number of halogens is 2. The van der Waals surface area contributed by atoms with Crippen molar-refractivity contribution in [3.63, 3.8) is 0 Å². The zero-order valence-electron chi connectivity index (χ0n) is 18.4. The van der Waals surface area contributed by atoms with E-state index in [-0.39, 0.29) is 5.02 Å². The number of ether oxygens (including phenoxy) is 1. The summed E-state index contributed by atoms with van der Waals surface area (Å²) in [6.07, 6.45) is 8.15. The van der Waals surface area contributed by atoms with Crippen LogP contribution >= 0.6 is 11.6 Å². The average Bonchev–Trinajstić information content (AvgIpc) is 3.30. The Morgan fingerprint density at radius 2 is 1.97 bits per heavy atom. The number of aromatic nitrogens is 2. The van der Waals surface area contributed by atoms with Gasteiger partial charge >= 0.3 is 0 Å². The zero-order chi connectivity index (χ0) is 22.2. The number of anilines is 1. The molecule has 0 bridgehead atoms. The molecule has 2 aliphatic rings. The minimum absolute atomic E-state index is 0.0540. The van der Waals surface area contributed by atoms with Gasteiger partial charge in [-0.15, -0.1) is 0 Å². The van der Waals surface area contributed by atoms with Crippen molar-refractivity contribution in [2.24, 2.45) is 0 Å². The molecule has 2 aliphatic heterocycles. The SMILES string of the molecule is CC1CCc2c(ccc(-c3cnn(C4CCNCC4)c3)c2Oc2ccc(F)c(Cl)c2)N1C. The molecule has 1 aromatic heterocycles. The van der Waals surface area contributed by atoms with Gasteiger partial charge < -0.3 is 15.0 Å². The van der Waals surface area contributed by atoms with Gasteiger partial charge in [-0.2, -0.15) is 5.10 Å². The maximum absolute atomic E-state index is 13.7. The zero-order valence-corrected chi connectivity index (χ0v) is 19.2. The van der Waals surface area contributed by atoms with E-state index in [0.29, 0.717) is 17.8 Å². The number of hydrogen-bond acceptors (Lipinski definition) is 4. The Hall–Kier alpha value is -2.57. The molecular weight excluding hydrogens is 427 g/mol. The number of rotatable bonds is 4. The third kappa shape index (κ3) is 3.97. The van der Waals surface area contributed by atoms with Gasteiger partial charge in [-0.05, 0) is 70.0 Å². The highest BCUT2D eigenvalue weighted by atomic mass is 35.5. The summed E-state index contributed by atoms with van der Waals surface area (Å²) in [5, 5.41) is 8.14. The van der Waals surface area contributed by atoms with Crippen molar-refractivity contribution in [1.29, 1.82) is 0 Å². The molecule has 3 aromatic rings. The first-order valence-corrected chi connectivity index (χ1v) is 11.7. The van der Waals surface area contributed by atoms with Gasteiger partial charge in [0, 0.05) is 47.7 Å². The molecule has 1 unspecified atom stereocenters. The summed E-state index contributed by atoms with van der Waals surface area (Å²) in [5.41, 5.74) is 4.35. The second-order valence-electron chi connectivity index (χ2n) is 8.81. The van der Waals surface area contributed by atoms with Crippen LogP contribution in [-0.4, -0.2) is 36.0 Å². The van der Waals surface area contributed by atoms with Gasteiger partial charge in [0.05, 0.1) is 17.3 Å². The lowest BCUT2D eigenvalue weighted by Gasteiger charge is -2.35. The van der Waals surface area contributed by atoms with Crippen molar-refractivity contribution >= 4 is 17.3 Å². The fraction of sp³-hybridized carbons (Fsp3) is 0.400. The quantitative estimate of drug-likeness (QED) is 0.538. The standard InChI is InChI=1S/C25H28ClFN4O/c1-16-3-5-21-24(30(16)2)8-6-20(25(21)32-19-4-7-23(27)22(26)13-19)17-14-29-31(15-17)18-9-11-28-12-10-18/h4,6-8,13-16,18,28H,3,5,9-12H2,1-2H3. The first-order valence-electron chi connectivity index (χ1n) is 11.3. The minimum Gasteiger partial charge on any atom is -0.456 e. The van der Waals surface area contributed by atoms with Crippen LogP contribution in [0.15, 0.2) is 42.7 Å². The minimum atomic E-state index is -0.453. The molecular formula is C25H28ClFN4O. The van der Waals surface area contributed by atoms with E-state index < -0.39 is 5.82 Å². The number of nitrogens with zero attached hydrogens (tertiary/aromatic N) is 3. The predicted octanol–water partition coefficient (Wildman–Crippen LogP) is 5.83. The second-order valence-corrected chi connectivity index (χ2v) is 9.21. The van der Waals surface area contributed by atoms with E-state index in [1.165, 1.54) is 17.8 Å². The van der Waals surface area contributed by atoms with E-state index in [4.69, 9.17) is 16.3 Å². The highest BCUT2D eigenvalue weighted by Gasteiger charge is 2.26. The summed E-state index contributed by atoms with van der Waals surface area (Å²) < 4.78 is 22.2. The molecule has 0 saturated carbocycles. The van der Waals surface area contributed by atoms with Crippen molar-refractivity contribution in [2.45, 2.75) is 44.7 Å². The highest BCUT2D eigenvalue weighted by molar-refractivity contribution is 6.30. The maximum Gasteiger partial charge on any atom is 0.142 e. The smallest absolute Gasteiger partial charge is 0.142 e. The lowest BCUT2D eigenvalue weighted by molar-refractivity contribution is 0.343. The van der Waals surface area contributed by atoms with Crippen molar-refractivity contribution < 1.29 is 9.13 Å². The lowest BCUT2D eigenvalue weighted by Crippen LogP contribution is -2.33. The Bertz CT molecular complexity index is 1130. The summed E-state index contributed by atoms with van der Waals surface area (Å²) in [6, 6.07) is 9.66. The van der Waals surface area contributed by atoms with Crippen LogP contribution in [0.25, 0.3) is 11.1 Å². The van der Waals surface area contributed by atoms with E-state index in [2.05, 4.69) is 52.3 Å². The molecule has 0 spiro atoms. The van der Waals surface area contributed by atoms with Crippen molar-refractivity contribution in [2.75, 3.05) is 25.0 Å². The summed E-state index contributed by atoms with van der Waals surface area (Å²) in [6.45, 7) is 4.27. The molecule has 2 aromatic carbocycles. The van der Waals surface area contributed by atoms with Crippen LogP contribution in [-0.2, 0) is 6.42 Å². The molecule has 1 N–H and O–H groups in total. The van der Waals surface area contributed by atoms with E-state index >= 15 is 0 Å². The van der Waals surface area contributed by atoms with Crippen molar-refractivity contribution in [3.8, 4) is 22.6 Å². The third-order valence-corrected chi connectivity index (χ3v) is 7.08. The van der Waals surface area contributed by atoms with Gasteiger partial charge in [-0.25, -0.2) is 4.39 Å². The number of piperidine rings is 1.